The molecule has 4 aromatic rings. The fourth-order valence-corrected chi connectivity index (χ4v) is 8.82. The Bertz CT molecular complexity index is 1900. The van der Waals surface area contributed by atoms with Gasteiger partial charge in [-0.25, -0.2) is 8.42 Å². The Morgan fingerprint density at radius 1 is 0.854 bits per heavy atom. The Balaban J connectivity index is 1.18. The highest BCUT2D eigenvalue weighted by Crippen LogP contribution is 2.39. The number of carbonyl (C=O) groups is 1. The van der Waals surface area contributed by atoms with Crippen LogP contribution >= 0.6 is 11.6 Å². The van der Waals surface area contributed by atoms with Crippen molar-refractivity contribution in [3.8, 4) is 16.9 Å². The van der Waals surface area contributed by atoms with E-state index in [-0.39, 0.29) is 42.0 Å². The third-order valence-corrected chi connectivity index (χ3v) is 11.9. The van der Waals surface area contributed by atoms with E-state index in [1.54, 1.807) is 42.5 Å². The molecule has 2 saturated carbocycles. The maximum absolute atomic E-state index is 16.6. The van der Waals surface area contributed by atoms with Crippen molar-refractivity contribution in [2.45, 2.75) is 67.5 Å². The molecular weight excluding hydrogens is 656 g/mol. The third-order valence-electron chi connectivity index (χ3n) is 10.2. The predicted octanol–water partition coefficient (Wildman–Crippen LogP) is 7.12. The number of benzene rings is 4. The second kappa shape index (κ2) is 13.0. The minimum absolute atomic E-state index is 0.0136. The third kappa shape index (κ3) is 6.55. The van der Waals surface area contributed by atoms with Crippen LogP contribution in [0.25, 0.3) is 21.9 Å². The van der Waals surface area contributed by atoms with Crippen molar-refractivity contribution in [1.29, 1.82) is 0 Å². The molecule has 1 unspecified atom stereocenters. The van der Waals surface area contributed by atoms with E-state index in [0.717, 1.165) is 49.5 Å². The first-order valence-electron chi connectivity index (χ1n) is 16.5. The zero-order valence-corrected chi connectivity index (χ0v) is 27.9. The van der Waals surface area contributed by atoms with Crippen LogP contribution in [-0.4, -0.2) is 50.5 Å². The fraction of sp³-hybridized carbons (Fsp3) is 0.378. The summed E-state index contributed by atoms with van der Waals surface area (Å²) in [4.78, 5) is 15.2. The SMILES string of the molecule is NC1[C@@H]2CC[C@H]1CN(C(=O)[C@H](NS(=O)(=O)c1ccc3cc(OC4CCCC4)ccc3c1)C(F)(F)c1ccc(-c3ccc(Cl)cc3)cc1)C2. The van der Waals surface area contributed by atoms with Crippen LogP contribution in [0.4, 0.5) is 8.78 Å². The normalized spacial score (nSPS) is 22.2. The summed E-state index contributed by atoms with van der Waals surface area (Å²) in [5.41, 5.74) is 7.29. The minimum Gasteiger partial charge on any atom is -0.490 e. The maximum Gasteiger partial charge on any atom is 0.298 e. The van der Waals surface area contributed by atoms with Crippen molar-refractivity contribution >= 4 is 38.3 Å². The van der Waals surface area contributed by atoms with Crippen LogP contribution in [0.3, 0.4) is 0 Å². The lowest BCUT2D eigenvalue weighted by atomic mass is 9.91. The summed E-state index contributed by atoms with van der Waals surface area (Å²) in [6.45, 7) is 0.420. The van der Waals surface area contributed by atoms with Crippen LogP contribution in [0.1, 0.15) is 44.1 Å². The molecule has 1 amide bonds. The lowest BCUT2D eigenvalue weighted by molar-refractivity contribution is -0.146. The van der Waals surface area contributed by atoms with Gasteiger partial charge in [0, 0.05) is 29.7 Å². The monoisotopic (exact) mass is 693 g/mol. The molecule has 3 fully saturated rings. The zero-order valence-electron chi connectivity index (χ0n) is 26.3. The molecule has 3 N–H and O–H groups in total. The van der Waals surface area contributed by atoms with E-state index in [1.807, 2.05) is 6.07 Å². The molecule has 4 aromatic carbocycles. The van der Waals surface area contributed by atoms with Gasteiger partial charge in [0.05, 0.1) is 11.0 Å². The van der Waals surface area contributed by atoms with E-state index in [1.165, 1.54) is 41.3 Å². The number of halogens is 3. The molecular formula is C37H38ClF2N3O4S. The summed E-state index contributed by atoms with van der Waals surface area (Å²) < 4.78 is 69.1. The molecule has 3 aliphatic rings. The quantitative estimate of drug-likeness (QED) is 0.195. The topological polar surface area (TPSA) is 102 Å². The van der Waals surface area contributed by atoms with E-state index in [4.69, 9.17) is 22.1 Å². The van der Waals surface area contributed by atoms with Gasteiger partial charge in [-0.15, -0.1) is 0 Å². The standard InChI is InChI=1S/C37H38ClF2N3O4S/c38-30-15-9-24(10-16-30)23-7-13-29(14-8-23)37(39,40)35(36(44)43-21-27-5-6-28(22-43)34(27)41)42-48(45,46)33-18-12-25-19-32(17-11-26(25)20-33)47-31-3-1-2-4-31/h7-20,27-28,31,34-35,42H,1-6,21-22,41H2/t27-,28+,34?,35-/m0/s1. The van der Waals surface area contributed by atoms with Gasteiger partial charge in [-0.3, -0.25) is 4.79 Å². The Kier molecular flexibility index (Phi) is 8.95. The number of nitrogens with zero attached hydrogens (tertiary/aromatic N) is 1. The number of rotatable bonds is 9. The summed E-state index contributed by atoms with van der Waals surface area (Å²) in [6.07, 6.45) is 6.05. The summed E-state index contributed by atoms with van der Waals surface area (Å²) in [7, 11) is -4.58. The molecule has 1 heterocycles. The summed E-state index contributed by atoms with van der Waals surface area (Å²) in [5.74, 6) is -4.18. The van der Waals surface area contributed by atoms with Crippen molar-refractivity contribution in [3.63, 3.8) is 0 Å². The first kappa shape index (κ1) is 33.0. The Morgan fingerprint density at radius 3 is 2.08 bits per heavy atom. The molecule has 0 aromatic heterocycles. The number of hydrogen-bond donors (Lipinski definition) is 2. The number of nitrogens with two attached hydrogens (primary N) is 1. The highest BCUT2D eigenvalue weighted by molar-refractivity contribution is 7.89. The molecule has 1 aliphatic heterocycles. The van der Waals surface area contributed by atoms with Crippen LogP contribution in [0.5, 0.6) is 5.75 Å². The first-order chi connectivity index (χ1) is 23.0. The van der Waals surface area contributed by atoms with Crippen molar-refractivity contribution < 1.29 is 26.7 Å². The molecule has 0 radical (unpaired) electrons. The number of carbonyl (C=O) groups excluding carboxylic acids is 1. The smallest absolute Gasteiger partial charge is 0.298 e. The van der Waals surface area contributed by atoms with Gasteiger partial charge >= 0.3 is 0 Å². The predicted molar refractivity (Wildman–Crippen MR) is 182 cm³/mol. The molecule has 2 bridgehead atoms. The van der Waals surface area contributed by atoms with Crippen molar-refractivity contribution in [2.75, 3.05) is 13.1 Å². The number of hydrogen-bond acceptors (Lipinski definition) is 5. The second-order valence-corrected chi connectivity index (χ2v) is 15.5. The van der Waals surface area contributed by atoms with E-state index >= 15 is 8.78 Å². The number of ether oxygens (including phenoxy) is 1. The van der Waals surface area contributed by atoms with E-state index < -0.39 is 33.5 Å². The molecule has 252 valence electrons. The first-order valence-corrected chi connectivity index (χ1v) is 18.4. The van der Waals surface area contributed by atoms with Crippen molar-refractivity contribution in [1.82, 2.24) is 9.62 Å². The lowest BCUT2D eigenvalue weighted by Crippen LogP contribution is -2.60. The van der Waals surface area contributed by atoms with Crippen molar-refractivity contribution in [2.24, 2.45) is 17.6 Å². The highest BCUT2D eigenvalue weighted by Gasteiger charge is 2.52. The number of amides is 1. The zero-order chi connectivity index (χ0) is 33.6. The molecule has 7 rings (SSSR count). The number of nitrogens with one attached hydrogen (secondary N) is 1. The molecule has 1 saturated heterocycles. The Labute approximate surface area is 284 Å². The van der Waals surface area contributed by atoms with Crippen molar-refractivity contribution in [3.05, 3.63) is 95.5 Å². The lowest BCUT2D eigenvalue weighted by Gasteiger charge is -2.39. The molecule has 4 atom stereocenters. The minimum atomic E-state index is -4.58. The number of piperidine rings is 1. The molecule has 11 heteroatoms. The molecule has 2 aliphatic carbocycles. The molecule has 0 spiro atoms. The summed E-state index contributed by atoms with van der Waals surface area (Å²) >= 11 is 6.00. The van der Waals surface area contributed by atoms with E-state index in [2.05, 4.69) is 4.72 Å². The molecule has 7 nitrogen and oxygen atoms in total. The van der Waals surface area contributed by atoms with Crippen LogP contribution in [-0.2, 0) is 20.7 Å². The van der Waals surface area contributed by atoms with Gasteiger partial charge in [0.2, 0.25) is 15.9 Å². The van der Waals surface area contributed by atoms with Gasteiger partial charge in [-0.1, -0.05) is 60.1 Å². The number of fused-ring (bicyclic) bond motifs is 3. The molecule has 48 heavy (non-hydrogen) atoms. The summed E-state index contributed by atoms with van der Waals surface area (Å²) in [6, 6.07) is 19.8. The van der Waals surface area contributed by atoms with Crippen LogP contribution < -0.4 is 15.2 Å². The van der Waals surface area contributed by atoms with Gasteiger partial charge in [0.1, 0.15) is 5.75 Å². The highest BCUT2D eigenvalue weighted by atomic mass is 35.5. The van der Waals surface area contributed by atoms with Gasteiger partial charge in [-0.2, -0.15) is 13.5 Å². The Morgan fingerprint density at radius 2 is 1.44 bits per heavy atom. The number of sulfonamides is 1. The van der Waals surface area contributed by atoms with Gasteiger partial charge in [0.25, 0.3) is 5.92 Å². The number of likely N-dealkylation sites (tertiary alicyclic amines) is 1. The largest absolute Gasteiger partial charge is 0.490 e. The summed E-state index contributed by atoms with van der Waals surface area (Å²) in [5, 5.41) is 1.90. The van der Waals surface area contributed by atoms with E-state index in [0.29, 0.717) is 21.7 Å². The van der Waals surface area contributed by atoms with Crippen LogP contribution in [0.15, 0.2) is 89.8 Å². The van der Waals surface area contributed by atoms with Gasteiger partial charge in [0.15, 0.2) is 6.04 Å². The maximum atomic E-state index is 16.6. The van der Waals surface area contributed by atoms with Gasteiger partial charge < -0.3 is 15.4 Å². The average molecular weight is 694 g/mol. The van der Waals surface area contributed by atoms with E-state index in [9.17, 15) is 13.2 Å². The van der Waals surface area contributed by atoms with Crippen LogP contribution in [0, 0.1) is 11.8 Å². The number of alkyl halides is 2. The fourth-order valence-electron chi connectivity index (χ4n) is 7.46. The average Bonchev–Trinajstić information content (AvgIpc) is 3.65. The second-order valence-electron chi connectivity index (χ2n) is 13.4. The van der Waals surface area contributed by atoms with Gasteiger partial charge in [-0.05, 0) is 109 Å². The Hall–Kier alpha value is -3.57. The van der Waals surface area contributed by atoms with Crippen LogP contribution in [0.2, 0.25) is 5.02 Å².